The number of nitriles is 1. The summed E-state index contributed by atoms with van der Waals surface area (Å²) in [5, 5.41) is 19.6. The highest BCUT2D eigenvalue weighted by molar-refractivity contribution is 5.58. The number of nitrogens with zero attached hydrogens (tertiary/aromatic N) is 3. The monoisotopic (exact) mass is 271 g/mol. The third-order valence-corrected chi connectivity index (χ3v) is 4.39. The maximum atomic E-state index is 10.3. The van der Waals surface area contributed by atoms with Crippen LogP contribution in [0, 0.1) is 11.3 Å². The number of hydrogen-bond acceptors (Lipinski definition) is 4. The minimum absolute atomic E-state index is 0.584. The van der Waals surface area contributed by atoms with Gasteiger partial charge in [0.15, 0.2) is 0 Å². The SMILES string of the molecule is CCCC1(O)CN(c2nc3c(cc2C#N)CCCC3)C1. The molecule has 0 spiro atoms. The first-order valence-corrected chi connectivity index (χ1v) is 7.55. The number of aryl methyl sites for hydroxylation is 2. The highest BCUT2D eigenvalue weighted by atomic mass is 16.3. The Hall–Kier alpha value is -1.60. The molecule has 0 unspecified atom stereocenters. The van der Waals surface area contributed by atoms with Crippen LogP contribution in [0.25, 0.3) is 0 Å². The number of hydrogen-bond donors (Lipinski definition) is 1. The standard InChI is InChI=1S/C16H21N3O/c1-2-7-16(20)10-19(11-16)15-13(9-17)8-12-5-3-4-6-14(12)18-15/h8,20H,2-7,10-11H2,1H3. The van der Waals surface area contributed by atoms with Crippen molar-refractivity contribution in [2.45, 2.75) is 51.0 Å². The Morgan fingerprint density at radius 1 is 1.40 bits per heavy atom. The van der Waals surface area contributed by atoms with Crippen LogP contribution in [0.15, 0.2) is 6.07 Å². The van der Waals surface area contributed by atoms with Crippen molar-refractivity contribution in [2.75, 3.05) is 18.0 Å². The summed E-state index contributed by atoms with van der Waals surface area (Å²) < 4.78 is 0. The number of anilines is 1. The largest absolute Gasteiger partial charge is 0.386 e. The molecule has 0 aromatic carbocycles. The fraction of sp³-hybridized carbons (Fsp3) is 0.625. The molecule has 1 fully saturated rings. The lowest BCUT2D eigenvalue weighted by Crippen LogP contribution is -2.62. The number of pyridine rings is 1. The number of fused-ring (bicyclic) bond motifs is 1. The molecule has 106 valence electrons. The van der Waals surface area contributed by atoms with Crippen molar-refractivity contribution in [2.24, 2.45) is 0 Å². The van der Waals surface area contributed by atoms with Crippen LogP contribution in [-0.2, 0) is 12.8 Å². The molecule has 0 saturated carbocycles. The number of aliphatic hydroxyl groups is 1. The van der Waals surface area contributed by atoms with Gasteiger partial charge in [0.05, 0.1) is 24.3 Å². The Morgan fingerprint density at radius 3 is 2.85 bits per heavy atom. The first-order chi connectivity index (χ1) is 9.65. The summed E-state index contributed by atoms with van der Waals surface area (Å²) in [5.74, 6) is 0.772. The normalized spacial score (nSPS) is 19.9. The Bertz CT molecular complexity index is 556. The summed E-state index contributed by atoms with van der Waals surface area (Å²) >= 11 is 0. The van der Waals surface area contributed by atoms with Crippen LogP contribution in [-0.4, -0.2) is 28.8 Å². The molecule has 4 heteroatoms. The second-order valence-corrected chi connectivity index (χ2v) is 6.11. The van der Waals surface area contributed by atoms with E-state index in [2.05, 4.69) is 13.0 Å². The fourth-order valence-electron chi connectivity index (χ4n) is 3.38. The molecule has 0 atom stereocenters. The Labute approximate surface area is 120 Å². The van der Waals surface area contributed by atoms with E-state index in [9.17, 15) is 10.4 Å². The Morgan fingerprint density at radius 2 is 2.15 bits per heavy atom. The molecule has 0 bridgehead atoms. The van der Waals surface area contributed by atoms with Gasteiger partial charge in [-0.15, -0.1) is 0 Å². The van der Waals surface area contributed by atoms with Crippen LogP contribution in [0.3, 0.4) is 0 Å². The molecular formula is C16H21N3O. The number of rotatable bonds is 3. The molecule has 4 nitrogen and oxygen atoms in total. The van der Waals surface area contributed by atoms with Crippen LogP contribution >= 0.6 is 0 Å². The van der Waals surface area contributed by atoms with Crippen molar-refractivity contribution in [3.63, 3.8) is 0 Å². The molecule has 3 rings (SSSR count). The first kappa shape index (κ1) is 13.4. The summed E-state index contributed by atoms with van der Waals surface area (Å²) in [7, 11) is 0. The van der Waals surface area contributed by atoms with E-state index in [-0.39, 0.29) is 0 Å². The third kappa shape index (κ3) is 2.27. The molecule has 1 aromatic heterocycles. The first-order valence-electron chi connectivity index (χ1n) is 7.55. The fourth-order valence-corrected chi connectivity index (χ4v) is 3.38. The predicted molar refractivity (Wildman–Crippen MR) is 77.7 cm³/mol. The predicted octanol–water partition coefficient (Wildman–Crippen LogP) is 2.18. The zero-order valence-corrected chi connectivity index (χ0v) is 12.0. The third-order valence-electron chi connectivity index (χ3n) is 4.39. The van der Waals surface area contributed by atoms with Crippen molar-refractivity contribution in [1.29, 1.82) is 5.26 Å². The van der Waals surface area contributed by atoms with Gasteiger partial charge in [0, 0.05) is 5.69 Å². The molecule has 1 aromatic rings. The van der Waals surface area contributed by atoms with Crippen LogP contribution in [0.5, 0.6) is 0 Å². The zero-order chi connectivity index (χ0) is 14.2. The van der Waals surface area contributed by atoms with Gasteiger partial charge >= 0.3 is 0 Å². The van der Waals surface area contributed by atoms with E-state index in [1.807, 2.05) is 11.0 Å². The molecule has 1 aliphatic carbocycles. The summed E-state index contributed by atoms with van der Waals surface area (Å²) in [5.41, 5.74) is 2.46. The van der Waals surface area contributed by atoms with Crippen LogP contribution in [0.1, 0.15) is 49.4 Å². The maximum absolute atomic E-state index is 10.3. The molecular weight excluding hydrogens is 250 g/mol. The second-order valence-electron chi connectivity index (χ2n) is 6.11. The van der Waals surface area contributed by atoms with Gasteiger partial charge in [0.1, 0.15) is 11.9 Å². The minimum atomic E-state index is -0.584. The lowest BCUT2D eigenvalue weighted by molar-refractivity contribution is 0.00289. The molecule has 0 radical (unpaired) electrons. The van der Waals surface area contributed by atoms with E-state index < -0.39 is 5.60 Å². The molecule has 20 heavy (non-hydrogen) atoms. The van der Waals surface area contributed by atoms with E-state index >= 15 is 0 Å². The van der Waals surface area contributed by atoms with Gasteiger partial charge in [-0.05, 0) is 43.7 Å². The van der Waals surface area contributed by atoms with Gasteiger partial charge in [0.25, 0.3) is 0 Å². The molecule has 2 heterocycles. The highest BCUT2D eigenvalue weighted by Gasteiger charge is 2.41. The van der Waals surface area contributed by atoms with Crippen LogP contribution in [0.4, 0.5) is 5.82 Å². The molecule has 1 aliphatic heterocycles. The smallest absolute Gasteiger partial charge is 0.147 e. The Kier molecular flexibility index (Phi) is 3.39. The number of aromatic nitrogens is 1. The highest BCUT2D eigenvalue weighted by Crippen LogP contribution is 2.33. The van der Waals surface area contributed by atoms with E-state index in [4.69, 9.17) is 4.98 Å². The van der Waals surface area contributed by atoms with E-state index in [1.54, 1.807) is 0 Å². The van der Waals surface area contributed by atoms with Crippen molar-refractivity contribution in [3.05, 3.63) is 22.9 Å². The molecule has 2 aliphatic rings. The van der Waals surface area contributed by atoms with Crippen molar-refractivity contribution >= 4 is 5.82 Å². The number of β-amino-alcohol motifs (C(OH)–C–C–N with tert-alkyl or cyclic N) is 1. The average Bonchev–Trinajstić information content (AvgIpc) is 2.43. The van der Waals surface area contributed by atoms with E-state index in [0.29, 0.717) is 18.7 Å². The zero-order valence-electron chi connectivity index (χ0n) is 12.0. The maximum Gasteiger partial charge on any atom is 0.147 e. The average molecular weight is 271 g/mol. The molecule has 1 N–H and O–H groups in total. The summed E-state index contributed by atoms with van der Waals surface area (Å²) in [6, 6.07) is 4.28. The molecule has 0 amide bonds. The molecule has 1 saturated heterocycles. The minimum Gasteiger partial charge on any atom is -0.386 e. The van der Waals surface area contributed by atoms with E-state index in [0.717, 1.165) is 37.2 Å². The van der Waals surface area contributed by atoms with Gasteiger partial charge in [-0.25, -0.2) is 4.98 Å². The second kappa shape index (κ2) is 5.06. The topological polar surface area (TPSA) is 60.1 Å². The van der Waals surface area contributed by atoms with Crippen molar-refractivity contribution < 1.29 is 5.11 Å². The van der Waals surface area contributed by atoms with Gasteiger partial charge in [0.2, 0.25) is 0 Å². The van der Waals surface area contributed by atoms with Gasteiger partial charge in [-0.3, -0.25) is 0 Å². The quantitative estimate of drug-likeness (QED) is 0.915. The van der Waals surface area contributed by atoms with Gasteiger partial charge < -0.3 is 10.0 Å². The lowest BCUT2D eigenvalue weighted by Gasteiger charge is -2.47. The summed E-state index contributed by atoms with van der Waals surface area (Å²) in [6.45, 7) is 3.28. The van der Waals surface area contributed by atoms with E-state index in [1.165, 1.54) is 18.4 Å². The lowest BCUT2D eigenvalue weighted by atomic mass is 9.88. The van der Waals surface area contributed by atoms with Crippen molar-refractivity contribution in [3.8, 4) is 6.07 Å². The summed E-state index contributed by atoms with van der Waals surface area (Å²) in [6.07, 6.45) is 6.23. The van der Waals surface area contributed by atoms with Gasteiger partial charge in [-0.1, -0.05) is 13.3 Å². The van der Waals surface area contributed by atoms with Crippen molar-refractivity contribution in [1.82, 2.24) is 4.98 Å². The summed E-state index contributed by atoms with van der Waals surface area (Å²) in [4.78, 5) is 6.77. The van der Waals surface area contributed by atoms with Gasteiger partial charge in [-0.2, -0.15) is 5.26 Å². The van der Waals surface area contributed by atoms with Crippen LogP contribution < -0.4 is 4.90 Å². The Balaban J connectivity index is 1.85. The van der Waals surface area contributed by atoms with Crippen LogP contribution in [0.2, 0.25) is 0 Å².